The van der Waals surface area contributed by atoms with E-state index in [0.717, 1.165) is 30.9 Å². The number of aryl methyl sites for hydroxylation is 1. The third kappa shape index (κ3) is 10.3. The van der Waals surface area contributed by atoms with Crippen LogP contribution in [0.15, 0.2) is 42.5 Å². The van der Waals surface area contributed by atoms with Crippen molar-refractivity contribution in [3.63, 3.8) is 0 Å². The Morgan fingerprint density at radius 1 is 1.05 bits per heavy atom. The molecule has 1 aliphatic rings. The number of rotatable bonds is 16. The number of carbonyl (C=O) groups is 2. The number of urea groups is 1. The Bertz CT molecular complexity index is 1140. The summed E-state index contributed by atoms with van der Waals surface area (Å²) >= 11 is 0. The lowest BCUT2D eigenvalue weighted by Crippen LogP contribution is -2.53. The average molecular weight is 591 g/mol. The summed E-state index contributed by atoms with van der Waals surface area (Å²) in [7, 11) is 1.45. The van der Waals surface area contributed by atoms with E-state index in [1.807, 2.05) is 25.1 Å². The zero-order chi connectivity index (χ0) is 30.5. The Morgan fingerprint density at radius 2 is 1.74 bits per heavy atom. The standard InChI is InChI=1S/C31H44F2N4O5/c1-4-6-10-31(40-11-12-41-31)18-27(37-30(39)35-3)29(38)42-28(20-36-19-22-9-7-8-21(5-2)13-22)26(34)16-23-14-24(32)17-25(33)15-23/h7-9,13-15,17,26-28,36H,4-6,10-12,16,18-20,34H2,1-3H3,(H2,35,37,39)/t26-,27+,28+/m0/s1. The minimum Gasteiger partial charge on any atom is -0.458 e. The third-order valence-corrected chi connectivity index (χ3v) is 7.27. The summed E-state index contributed by atoms with van der Waals surface area (Å²) in [6, 6.07) is 8.83. The molecule has 2 aromatic carbocycles. The number of hydrogen-bond acceptors (Lipinski definition) is 7. The molecule has 0 unspecified atom stereocenters. The van der Waals surface area contributed by atoms with E-state index in [1.54, 1.807) is 0 Å². The highest BCUT2D eigenvalue weighted by atomic mass is 19.1. The van der Waals surface area contributed by atoms with E-state index in [2.05, 4.69) is 28.9 Å². The molecular formula is C31H44F2N4O5. The van der Waals surface area contributed by atoms with E-state index in [4.69, 9.17) is 19.9 Å². The fraction of sp³-hybridized carbons (Fsp3) is 0.548. The van der Waals surface area contributed by atoms with Gasteiger partial charge in [-0.15, -0.1) is 0 Å². The minimum atomic E-state index is -1.09. The number of nitrogens with one attached hydrogen (secondary N) is 3. The van der Waals surface area contributed by atoms with Crippen molar-refractivity contribution in [2.24, 2.45) is 5.73 Å². The summed E-state index contributed by atoms with van der Waals surface area (Å²) in [4.78, 5) is 25.9. The highest BCUT2D eigenvalue weighted by Gasteiger charge is 2.42. The summed E-state index contributed by atoms with van der Waals surface area (Å²) in [6.45, 7) is 5.54. The predicted octanol–water partition coefficient (Wildman–Crippen LogP) is 3.72. The fourth-order valence-corrected chi connectivity index (χ4v) is 5.00. The summed E-state index contributed by atoms with van der Waals surface area (Å²) in [5.41, 5.74) is 9.07. The van der Waals surface area contributed by atoms with Gasteiger partial charge in [0.05, 0.1) is 13.2 Å². The molecule has 11 heteroatoms. The highest BCUT2D eigenvalue weighted by Crippen LogP contribution is 2.31. The van der Waals surface area contributed by atoms with Crippen LogP contribution in [-0.2, 0) is 38.4 Å². The maximum absolute atomic E-state index is 13.9. The Kier molecular flexibility index (Phi) is 13.1. The van der Waals surface area contributed by atoms with Gasteiger partial charge in [-0.3, -0.25) is 0 Å². The largest absolute Gasteiger partial charge is 0.458 e. The number of ether oxygens (including phenoxy) is 3. The minimum absolute atomic E-state index is 0.0492. The van der Waals surface area contributed by atoms with Crippen LogP contribution in [0, 0.1) is 11.6 Å². The lowest BCUT2D eigenvalue weighted by atomic mass is 9.99. The van der Waals surface area contributed by atoms with Crippen LogP contribution in [0.2, 0.25) is 0 Å². The van der Waals surface area contributed by atoms with Crippen LogP contribution in [0.5, 0.6) is 0 Å². The molecule has 1 aliphatic heterocycles. The zero-order valence-corrected chi connectivity index (χ0v) is 24.7. The fourth-order valence-electron chi connectivity index (χ4n) is 5.00. The molecule has 0 aliphatic carbocycles. The molecule has 0 bridgehead atoms. The van der Waals surface area contributed by atoms with Crippen LogP contribution in [0.1, 0.15) is 56.2 Å². The van der Waals surface area contributed by atoms with Crippen molar-refractivity contribution < 1.29 is 32.6 Å². The van der Waals surface area contributed by atoms with E-state index in [-0.39, 0.29) is 19.4 Å². The number of unbranched alkanes of at least 4 members (excludes halogenated alkanes) is 1. The van der Waals surface area contributed by atoms with Crippen molar-refractivity contribution in [3.05, 3.63) is 70.8 Å². The van der Waals surface area contributed by atoms with Crippen LogP contribution >= 0.6 is 0 Å². The first-order chi connectivity index (χ1) is 20.2. The highest BCUT2D eigenvalue weighted by molar-refractivity contribution is 5.83. The van der Waals surface area contributed by atoms with E-state index in [0.29, 0.717) is 31.7 Å². The van der Waals surface area contributed by atoms with Crippen molar-refractivity contribution in [2.45, 2.75) is 82.9 Å². The van der Waals surface area contributed by atoms with Gasteiger partial charge >= 0.3 is 12.0 Å². The number of hydrogen-bond donors (Lipinski definition) is 4. The van der Waals surface area contributed by atoms with Gasteiger partial charge in [0, 0.05) is 45.1 Å². The average Bonchev–Trinajstić information content (AvgIpc) is 3.43. The molecule has 0 saturated carbocycles. The van der Waals surface area contributed by atoms with E-state index in [9.17, 15) is 18.4 Å². The van der Waals surface area contributed by atoms with Gasteiger partial charge < -0.3 is 35.9 Å². The number of benzene rings is 2. The van der Waals surface area contributed by atoms with Crippen LogP contribution < -0.4 is 21.7 Å². The molecule has 1 heterocycles. The number of carbonyl (C=O) groups excluding carboxylic acids is 2. The van der Waals surface area contributed by atoms with Gasteiger partial charge in [0.2, 0.25) is 0 Å². The summed E-state index contributed by atoms with van der Waals surface area (Å²) in [6.07, 6.45) is 2.38. The molecule has 0 aromatic heterocycles. The molecule has 5 N–H and O–H groups in total. The molecule has 2 aromatic rings. The lowest BCUT2D eigenvalue weighted by molar-refractivity contribution is -0.181. The van der Waals surface area contributed by atoms with E-state index < -0.39 is 47.6 Å². The van der Waals surface area contributed by atoms with Crippen molar-refractivity contribution in [1.82, 2.24) is 16.0 Å². The van der Waals surface area contributed by atoms with Crippen molar-refractivity contribution in [2.75, 3.05) is 26.8 Å². The predicted molar refractivity (Wildman–Crippen MR) is 156 cm³/mol. The van der Waals surface area contributed by atoms with Gasteiger partial charge in [0.1, 0.15) is 23.8 Å². The summed E-state index contributed by atoms with van der Waals surface area (Å²) < 4.78 is 45.5. The first-order valence-corrected chi connectivity index (χ1v) is 14.6. The SMILES string of the molecule is CCCCC1(C[C@@H](NC(=O)NC)C(=O)O[C@H](CNCc2cccc(CC)c2)[C@@H](N)Cc2cc(F)cc(F)c2)OCCO1. The molecule has 0 spiro atoms. The van der Waals surface area contributed by atoms with Crippen molar-refractivity contribution in [1.29, 1.82) is 0 Å². The quantitative estimate of drug-likeness (QED) is 0.220. The first-order valence-electron chi connectivity index (χ1n) is 14.6. The topological polar surface area (TPSA) is 124 Å². The second kappa shape index (κ2) is 16.5. The summed E-state index contributed by atoms with van der Waals surface area (Å²) in [5.74, 6) is -3.18. The van der Waals surface area contributed by atoms with Crippen molar-refractivity contribution >= 4 is 12.0 Å². The molecule has 42 heavy (non-hydrogen) atoms. The number of esters is 1. The van der Waals surface area contributed by atoms with Crippen LogP contribution in [0.25, 0.3) is 0 Å². The lowest BCUT2D eigenvalue weighted by Gasteiger charge is -2.32. The molecule has 232 valence electrons. The van der Waals surface area contributed by atoms with E-state index >= 15 is 0 Å². The Balaban J connectivity index is 1.79. The molecule has 0 radical (unpaired) electrons. The third-order valence-electron chi connectivity index (χ3n) is 7.27. The second-order valence-corrected chi connectivity index (χ2v) is 10.6. The molecular weight excluding hydrogens is 546 g/mol. The van der Waals surface area contributed by atoms with Crippen molar-refractivity contribution in [3.8, 4) is 0 Å². The van der Waals surface area contributed by atoms with Gasteiger partial charge in [0.25, 0.3) is 0 Å². The van der Waals surface area contributed by atoms with Crippen LogP contribution in [-0.4, -0.2) is 62.8 Å². The van der Waals surface area contributed by atoms with E-state index in [1.165, 1.54) is 24.7 Å². The Labute approximate surface area is 246 Å². The van der Waals surface area contributed by atoms with Crippen LogP contribution in [0.3, 0.4) is 0 Å². The van der Waals surface area contributed by atoms with Gasteiger partial charge in [-0.1, -0.05) is 44.5 Å². The summed E-state index contributed by atoms with van der Waals surface area (Å²) in [5, 5.41) is 8.41. The normalized spacial score (nSPS) is 16.4. The maximum Gasteiger partial charge on any atom is 0.329 e. The Hall–Kier alpha value is -3.12. The monoisotopic (exact) mass is 590 g/mol. The number of amides is 2. The molecule has 2 amide bonds. The molecule has 1 saturated heterocycles. The van der Waals surface area contributed by atoms with Gasteiger partial charge in [0.15, 0.2) is 5.79 Å². The molecule has 9 nitrogen and oxygen atoms in total. The van der Waals surface area contributed by atoms with Gasteiger partial charge in [-0.25, -0.2) is 18.4 Å². The maximum atomic E-state index is 13.9. The number of nitrogens with two attached hydrogens (primary N) is 1. The Morgan fingerprint density at radius 3 is 2.38 bits per heavy atom. The number of halogens is 2. The first kappa shape index (κ1) is 33.4. The second-order valence-electron chi connectivity index (χ2n) is 10.6. The smallest absolute Gasteiger partial charge is 0.329 e. The van der Waals surface area contributed by atoms with Gasteiger partial charge in [-0.05, 0) is 48.1 Å². The van der Waals surface area contributed by atoms with Crippen LogP contribution in [0.4, 0.5) is 13.6 Å². The zero-order valence-electron chi connectivity index (χ0n) is 24.7. The molecule has 3 atom stereocenters. The van der Waals surface area contributed by atoms with Gasteiger partial charge in [-0.2, -0.15) is 0 Å². The molecule has 3 rings (SSSR count). The molecule has 1 fully saturated rings.